The van der Waals surface area contributed by atoms with Crippen LogP contribution in [0.3, 0.4) is 0 Å². The van der Waals surface area contributed by atoms with Crippen molar-refractivity contribution in [2.24, 2.45) is 0 Å². The first-order valence-electron chi connectivity index (χ1n) is 6.36. The molecule has 3 rings (SSSR count). The lowest BCUT2D eigenvalue weighted by molar-refractivity contribution is 0.0883. The van der Waals surface area contributed by atoms with E-state index in [4.69, 9.17) is 9.47 Å². The second kappa shape index (κ2) is 4.75. The van der Waals surface area contributed by atoms with Gasteiger partial charge < -0.3 is 14.6 Å². The number of rotatable bonds is 2. The third kappa shape index (κ3) is 2.07. The molecule has 1 aromatic heterocycles. The Labute approximate surface area is 125 Å². The van der Waals surface area contributed by atoms with Crippen LogP contribution in [0.15, 0.2) is 34.9 Å². The molecule has 1 aliphatic rings. The zero-order valence-corrected chi connectivity index (χ0v) is 12.8. The molecule has 0 aliphatic carbocycles. The Balaban J connectivity index is 2.15. The van der Waals surface area contributed by atoms with Crippen molar-refractivity contribution in [3.63, 3.8) is 0 Å². The number of aromatic nitrogens is 1. The van der Waals surface area contributed by atoms with Crippen molar-refractivity contribution in [2.75, 3.05) is 6.61 Å². The molecule has 1 aromatic carbocycles. The van der Waals surface area contributed by atoms with Gasteiger partial charge in [-0.1, -0.05) is 15.9 Å². The summed E-state index contributed by atoms with van der Waals surface area (Å²) in [5, 5.41) is 10.9. The van der Waals surface area contributed by atoms with Gasteiger partial charge in [0.2, 0.25) is 5.88 Å². The third-order valence-electron chi connectivity index (χ3n) is 3.33. The molecule has 0 amide bonds. The fraction of sp³-hybridized carbons (Fsp3) is 0.267. The number of halogens is 1. The summed E-state index contributed by atoms with van der Waals surface area (Å²) < 4.78 is 12.1. The fourth-order valence-corrected chi connectivity index (χ4v) is 2.69. The van der Waals surface area contributed by atoms with Crippen molar-refractivity contribution in [1.82, 2.24) is 4.98 Å². The van der Waals surface area contributed by atoms with E-state index in [0.717, 1.165) is 4.47 Å². The summed E-state index contributed by atoms with van der Waals surface area (Å²) in [6, 6.07) is 7.31. The van der Waals surface area contributed by atoms with Crippen LogP contribution < -0.4 is 9.47 Å². The number of pyridine rings is 1. The van der Waals surface area contributed by atoms with Gasteiger partial charge in [0.05, 0.1) is 18.4 Å². The molecule has 104 valence electrons. The Morgan fingerprint density at radius 2 is 2.15 bits per heavy atom. The Morgan fingerprint density at radius 1 is 1.35 bits per heavy atom. The lowest BCUT2D eigenvalue weighted by atomic mass is 9.86. The summed E-state index contributed by atoms with van der Waals surface area (Å²) >= 11 is 3.41. The van der Waals surface area contributed by atoms with Gasteiger partial charge in [-0.15, -0.1) is 0 Å². The zero-order valence-electron chi connectivity index (χ0n) is 11.2. The van der Waals surface area contributed by atoms with E-state index in [2.05, 4.69) is 20.9 Å². The van der Waals surface area contributed by atoms with Crippen molar-refractivity contribution in [3.05, 3.63) is 46.1 Å². The average molecular weight is 336 g/mol. The minimum absolute atomic E-state index is 0.410. The molecule has 5 heteroatoms. The first kappa shape index (κ1) is 13.4. The van der Waals surface area contributed by atoms with Gasteiger partial charge in [-0.05, 0) is 38.1 Å². The first-order valence-corrected chi connectivity index (χ1v) is 7.15. The van der Waals surface area contributed by atoms with Crippen molar-refractivity contribution >= 4 is 15.9 Å². The van der Waals surface area contributed by atoms with Gasteiger partial charge in [-0.2, -0.15) is 0 Å². The molecule has 0 radical (unpaired) electrons. The van der Waals surface area contributed by atoms with E-state index in [0.29, 0.717) is 35.1 Å². The van der Waals surface area contributed by atoms with Crippen LogP contribution in [-0.4, -0.2) is 16.7 Å². The molecule has 2 aromatic rings. The molecule has 0 saturated heterocycles. The third-order valence-corrected chi connectivity index (χ3v) is 3.83. The van der Waals surface area contributed by atoms with Crippen molar-refractivity contribution in [3.8, 4) is 17.4 Å². The molecule has 2 heterocycles. The summed E-state index contributed by atoms with van der Waals surface area (Å²) in [6.07, 6.45) is 1.60. The highest BCUT2D eigenvalue weighted by Crippen LogP contribution is 2.47. The van der Waals surface area contributed by atoms with E-state index < -0.39 is 5.60 Å². The second-order valence-electron chi connectivity index (χ2n) is 4.77. The lowest BCUT2D eigenvalue weighted by Gasteiger charge is -2.32. The van der Waals surface area contributed by atoms with Gasteiger partial charge in [-0.25, -0.2) is 4.98 Å². The maximum Gasteiger partial charge on any atom is 0.225 e. The SMILES string of the molecule is CCOc1cnc2c(c1)C(C)(O)c1cc(Br)ccc1O2. The standard InChI is InChI=1S/C15H14BrNO3/c1-3-19-10-7-12-14(17-8-10)20-13-5-4-9(16)6-11(13)15(12,2)18/h4-8,18H,3H2,1-2H3. The van der Waals surface area contributed by atoms with Crippen LogP contribution >= 0.6 is 15.9 Å². The van der Waals surface area contributed by atoms with Crippen LogP contribution in [0.1, 0.15) is 25.0 Å². The maximum absolute atomic E-state index is 10.9. The van der Waals surface area contributed by atoms with Crippen molar-refractivity contribution < 1.29 is 14.6 Å². The summed E-state index contributed by atoms with van der Waals surface area (Å²) in [6.45, 7) is 4.18. The van der Waals surface area contributed by atoms with E-state index >= 15 is 0 Å². The Morgan fingerprint density at radius 3 is 2.90 bits per heavy atom. The monoisotopic (exact) mass is 335 g/mol. The van der Waals surface area contributed by atoms with Crippen LogP contribution in [0, 0.1) is 0 Å². The largest absolute Gasteiger partial charge is 0.492 e. The van der Waals surface area contributed by atoms with E-state index in [1.165, 1.54) is 0 Å². The van der Waals surface area contributed by atoms with Gasteiger partial charge in [0, 0.05) is 10.0 Å². The summed E-state index contributed by atoms with van der Waals surface area (Å²) in [5.74, 6) is 1.64. The number of hydrogen-bond donors (Lipinski definition) is 1. The minimum atomic E-state index is -1.17. The molecular weight excluding hydrogens is 322 g/mol. The van der Waals surface area contributed by atoms with Gasteiger partial charge in [0.1, 0.15) is 17.1 Å². The van der Waals surface area contributed by atoms with Crippen LogP contribution in [0.25, 0.3) is 0 Å². The Hall–Kier alpha value is -1.59. The summed E-state index contributed by atoms with van der Waals surface area (Å²) in [7, 11) is 0. The quantitative estimate of drug-likeness (QED) is 0.910. The predicted octanol–water partition coefficient (Wildman–Crippen LogP) is 3.60. The molecule has 0 fully saturated rings. The molecule has 20 heavy (non-hydrogen) atoms. The van der Waals surface area contributed by atoms with Gasteiger partial charge in [0.15, 0.2) is 0 Å². The second-order valence-corrected chi connectivity index (χ2v) is 5.69. The van der Waals surface area contributed by atoms with Crippen molar-refractivity contribution in [2.45, 2.75) is 19.4 Å². The molecular formula is C15H14BrNO3. The van der Waals surface area contributed by atoms with Crippen LogP contribution in [-0.2, 0) is 5.60 Å². The van der Waals surface area contributed by atoms with Crippen molar-refractivity contribution in [1.29, 1.82) is 0 Å². The maximum atomic E-state index is 10.9. The molecule has 0 spiro atoms. The molecule has 0 bridgehead atoms. The number of ether oxygens (including phenoxy) is 2. The highest BCUT2D eigenvalue weighted by molar-refractivity contribution is 9.10. The van der Waals surface area contributed by atoms with Gasteiger partial charge >= 0.3 is 0 Å². The van der Waals surface area contributed by atoms with Crippen LogP contribution in [0.4, 0.5) is 0 Å². The fourth-order valence-electron chi connectivity index (χ4n) is 2.33. The highest BCUT2D eigenvalue weighted by atomic mass is 79.9. The Bertz CT molecular complexity index is 670. The van der Waals surface area contributed by atoms with E-state index in [-0.39, 0.29) is 0 Å². The van der Waals surface area contributed by atoms with E-state index in [9.17, 15) is 5.11 Å². The molecule has 4 nitrogen and oxygen atoms in total. The zero-order chi connectivity index (χ0) is 14.3. The molecule has 1 unspecified atom stereocenters. The predicted molar refractivity (Wildman–Crippen MR) is 78.3 cm³/mol. The number of fused-ring (bicyclic) bond motifs is 2. The first-order chi connectivity index (χ1) is 9.52. The molecule has 0 saturated carbocycles. The van der Waals surface area contributed by atoms with Crippen LogP contribution in [0.2, 0.25) is 0 Å². The van der Waals surface area contributed by atoms with Gasteiger partial charge in [-0.3, -0.25) is 0 Å². The van der Waals surface area contributed by atoms with Gasteiger partial charge in [0.25, 0.3) is 0 Å². The topological polar surface area (TPSA) is 51.6 Å². The highest BCUT2D eigenvalue weighted by Gasteiger charge is 2.37. The smallest absolute Gasteiger partial charge is 0.225 e. The molecule has 1 aliphatic heterocycles. The lowest BCUT2D eigenvalue weighted by Crippen LogP contribution is -2.28. The molecule has 1 N–H and O–H groups in total. The Kier molecular flexibility index (Phi) is 3.18. The van der Waals surface area contributed by atoms with E-state index in [1.807, 2.05) is 25.1 Å². The normalized spacial score (nSPS) is 19.8. The number of aliphatic hydroxyl groups is 1. The molecule has 1 atom stereocenters. The number of nitrogens with zero attached hydrogens (tertiary/aromatic N) is 1. The van der Waals surface area contributed by atoms with Crippen LogP contribution in [0.5, 0.6) is 17.4 Å². The number of benzene rings is 1. The summed E-state index contributed by atoms with van der Waals surface area (Å²) in [4.78, 5) is 4.24. The minimum Gasteiger partial charge on any atom is -0.492 e. The van der Waals surface area contributed by atoms with E-state index in [1.54, 1.807) is 19.2 Å². The average Bonchev–Trinajstić information content (AvgIpc) is 2.41. The summed E-state index contributed by atoms with van der Waals surface area (Å²) in [5.41, 5.74) is 0.135. The number of hydrogen-bond acceptors (Lipinski definition) is 4.